The van der Waals surface area contributed by atoms with Crippen LogP contribution in [0.2, 0.25) is 0 Å². The Kier molecular flexibility index (Phi) is 13.8. The van der Waals surface area contributed by atoms with E-state index in [1.54, 1.807) is 0 Å². The zero-order valence-electron chi connectivity index (χ0n) is 21.5. The second-order valence-electron chi connectivity index (χ2n) is 8.59. The number of hydrogen-bond acceptors (Lipinski definition) is 12. The van der Waals surface area contributed by atoms with E-state index in [-0.39, 0.29) is 56.7 Å². The summed E-state index contributed by atoms with van der Waals surface area (Å²) < 4.78 is 5.22. The molecule has 17 heteroatoms. The number of hydrogen-bond donors (Lipinski definition) is 8. The fourth-order valence-electron chi connectivity index (χ4n) is 3.34. The summed E-state index contributed by atoms with van der Waals surface area (Å²) in [5.74, 6) is -6.10. The minimum absolute atomic E-state index is 0.0272. The van der Waals surface area contributed by atoms with Gasteiger partial charge >= 0.3 is 11.9 Å². The summed E-state index contributed by atoms with van der Waals surface area (Å²) in [4.78, 5) is 71.0. The predicted octanol–water partition coefficient (Wildman–Crippen LogP) is -1.72. The standard InChI is InChI=1S/C23H33N5O12/c1-13(40-23(37)15(24)6-3-9-27(38)11-29)18(26-20(33)14-5-2-8-17(31)19(14)32)21(34)25-16(22(35)36)7-4-10-28(39)12-30/h2,5,8,11-13,15-16,18,31-32,38-39H,3-4,6-7,9-10,24H2,1H3,(H,25,34)(H,26,33)(H,35,36)/t13-,15+,16-,18+/m1/s1. The van der Waals surface area contributed by atoms with E-state index in [2.05, 4.69) is 10.6 Å². The van der Waals surface area contributed by atoms with Gasteiger partial charge in [-0.3, -0.25) is 34.4 Å². The SMILES string of the molecule is C[C@@H](OC(=O)[C@@H](N)CCCN(O)C=O)[C@H](NC(=O)c1cccc(O)c1O)C(=O)N[C@H](CCCN(O)C=O)C(=O)O. The van der Waals surface area contributed by atoms with Crippen molar-refractivity contribution in [1.82, 2.24) is 20.8 Å². The van der Waals surface area contributed by atoms with Crippen molar-refractivity contribution in [2.75, 3.05) is 13.1 Å². The van der Waals surface area contributed by atoms with Crippen LogP contribution in [0.3, 0.4) is 0 Å². The number of aliphatic carboxylic acids is 1. The van der Waals surface area contributed by atoms with Crippen molar-refractivity contribution in [2.24, 2.45) is 5.73 Å². The molecule has 0 aliphatic carbocycles. The number of nitrogens with two attached hydrogens (primary N) is 1. The van der Waals surface area contributed by atoms with Gasteiger partial charge < -0.3 is 36.4 Å². The average Bonchev–Trinajstić information content (AvgIpc) is 2.91. The smallest absolute Gasteiger partial charge is 0.326 e. The number of aromatic hydroxyl groups is 2. The molecule has 0 saturated carbocycles. The summed E-state index contributed by atoms with van der Waals surface area (Å²) >= 11 is 0. The molecule has 4 amide bonds. The second-order valence-corrected chi connectivity index (χ2v) is 8.59. The molecule has 1 aromatic carbocycles. The van der Waals surface area contributed by atoms with Crippen LogP contribution in [-0.2, 0) is 28.7 Å². The molecule has 17 nitrogen and oxygen atoms in total. The van der Waals surface area contributed by atoms with Gasteiger partial charge in [-0.2, -0.15) is 0 Å². The Morgan fingerprint density at radius 1 is 1.00 bits per heavy atom. The molecule has 0 radical (unpaired) electrons. The van der Waals surface area contributed by atoms with E-state index < -0.39 is 65.0 Å². The number of carboxylic acids is 1. The van der Waals surface area contributed by atoms with Crippen LogP contribution >= 0.6 is 0 Å². The van der Waals surface area contributed by atoms with E-state index in [1.807, 2.05) is 0 Å². The Morgan fingerprint density at radius 2 is 1.57 bits per heavy atom. The van der Waals surface area contributed by atoms with Crippen molar-refractivity contribution < 1.29 is 59.2 Å². The molecule has 0 heterocycles. The van der Waals surface area contributed by atoms with Crippen LogP contribution < -0.4 is 16.4 Å². The largest absolute Gasteiger partial charge is 0.504 e. The first-order valence-electron chi connectivity index (χ1n) is 11.9. The molecule has 9 N–H and O–H groups in total. The third kappa shape index (κ3) is 10.7. The van der Waals surface area contributed by atoms with E-state index in [9.17, 15) is 49.3 Å². The van der Waals surface area contributed by atoms with Gasteiger partial charge in [0.25, 0.3) is 5.91 Å². The maximum absolute atomic E-state index is 13.1. The molecule has 222 valence electrons. The highest BCUT2D eigenvalue weighted by atomic mass is 16.5. The first-order chi connectivity index (χ1) is 18.8. The molecule has 4 atom stereocenters. The Hall–Kier alpha value is -4.48. The summed E-state index contributed by atoms with van der Waals surface area (Å²) in [6.07, 6.45) is -1.34. The number of nitrogens with zero attached hydrogens (tertiary/aromatic N) is 2. The molecule has 0 aliphatic rings. The highest BCUT2D eigenvalue weighted by Crippen LogP contribution is 2.28. The third-order valence-corrected chi connectivity index (χ3v) is 5.54. The number of rotatable bonds is 18. The third-order valence-electron chi connectivity index (χ3n) is 5.54. The topological polar surface area (TPSA) is 269 Å². The van der Waals surface area contributed by atoms with Gasteiger partial charge in [-0.1, -0.05) is 6.07 Å². The van der Waals surface area contributed by atoms with Crippen LogP contribution in [0.1, 0.15) is 43.0 Å². The van der Waals surface area contributed by atoms with E-state index in [1.165, 1.54) is 13.0 Å². The van der Waals surface area contributed by atoms with Crippen LogP contribution in [0.15, 0.2) is 18.2 Å². The Bertz CT molecular complexity index is 1060. The van der Waals surface area contributed by atoms with E-state index >= 15 is 0 Å². The predicted molar refractivity (Wildman–Crippen MR) is 132 cm³/mol. The lowest BCUT2D eigenvalue weighted by Crippen LogP contribution is -2.57. The van der Waals surface area contributed by atoms with Crippen molar-refractivity contribution in [3.8, 4) is 11.5 Å². The van der Waals surface area contributed by atoms with Crippen LogP contribution in [0.4, 0.5) is 0 Å². The number of ether oxygens (including phenoxy) is 1. The van der Waals surface area contributed by atoms with Crippen LogP contribution in [0.25, 0.3) is 0 Å². The first kappa shape index (κ1) is 33.5. The minimum atomic E-state index is -1.72. The summed E-state index contributed by atoms with van der Waals surface area (Å²) in [5, 5.41) is 52.6. The zero-order valence-corrected chi connectivity index (χ0v) is 21.5. The van der Waals surface area contributed by atoms with Gasteiger partial charge in [-0.05, 0) is 44.7 Å². The summed E-state index contributed by atoms with van der Waals surface area (Å²) in [6, 6.07) is -1.04. The van der Waals surface area contributed by atoms with Crippen LogP contribution in [0, 0.1) is 0 Å². The number of hydroxylamine groups is 4. The lowest BCUT2D eigenvalue weighted by Gasteiger charge is -2.27. The molecule has 40 heavy (non-hydrogen) atoms. The Balaban J connectivity index is 3.08. The van der Waals surface area contributed by atoms with E-state index in [0.717, 1.165) is 12.1 Å². The fourth-order valence-corrected chi connectivity index (χ4v) is 3.34. The number of para-hydroxylation sites is 1. The zero-order chi connectivity index (χ0) is 30.4. The van der Waals surface area contributed by atoms with Gasteiger partial charge in [0.2, 0.25) is 18.7 Å². The number of esters is 1. The summed E-state index contributed by atoms with van der Waals surface area (Å²) in [6.45, 7) is 0.863. The van der Waals surface area contributed by atoms with Crippen molar-refractivity contribution in [3.63, 3.8) is 0 Å². The number of carbonyl (C=O) groups is 6. The molecule has 0 bridgehead atoms. The van der Waals surface area contributed by atoms with Gasteiger partial charge in [0.1, 0.15) is 24.2 Å². The van der Waals surface area contributed by atoms with Crippen molar-refractivity contribution in [2.45, 2.75) is 56.8 Å². The Labute approximate surface area is 228 Å². The number of amides is 4. The van der Waals surface area contributed by atoms with Gasteiger partial charge in [-0.15, -0.1) is 0 Å². The van der Waals surface area contributed by atoms with E-state index in [0.29, 0.717) is 5.06 Å². The normalized spacial score (nSPS) is 13.6. The number of nitrogens with one attached hydrogen (secondary N) is 2. The highest BCUT2D eigenvalue weighted by molar-refractivity contribution is 6.00. The monoisotopic (exact) mass is 571 g/mol. The lowest BCUT2D eigenvalue weighted by atomic mass is 10.1. The molecular weight excluding hydrogens is 538 g/mol. The van der Waals surface area contributed by atoms with Gasteiger partial charge in [0, 0.05) is 13.1 Å². The maximum atomic E-state index is 13.1. The number of carbonyl (C=O) groups excluding carboxylic acids is 5. The number of phenolic OH excluding ortho intramolecular Hbond substituents is 2. The van der Waals surface area contributed by atoms with E-state index in [4.69, 9.17) is 15.7 Å². The highest BCUT2D eigenvalue weighted by Gasteiger charge is 2.34. The molecule has 0 spiro atoms. The van der Waals surface area contributed by atoms with Gasteiger partial charge in [0.05, 0.1) is 5.56 Å². The molecule has 0 aromatic heterocycles. The quantitative estimate of drug-likeness (QED) is 0.0321. The van der Waals surface area contributed by atoms with Crippen molar-refractivity contribution in [3.05, 3.63) is 23.8 Å². The first-order valence-corrected chi connectivity index (χ1v) is 11.9. The molecule has 0 aliphatic heterocycles. The molecule has 0 unspecified atom stereocenters. The summed E-state index contributed by atoms with van der Waals surface area (Å²) in [5.41, 5.74) is 5.33. The fraction of sp³-hybridized carbons (Fsp3) is 0.478. The number of phenols is 2. The number of carboxylic acid groups (broad SMARTS) is 1. The second kappa shape index (κ2) is 16.5. The minimum Gasteiger partial charge on any atom is -0.504 e. The number of benzene rings is 1. The Morgan fingerprint density at radius 3 is 2.12 bits per heavy atom. The average molecular weight is 572 g/mol. The maximum Gasteiger partial charge on any atom is 0.326 e. The molecule has 0 saturated heterocycles. The van der Waals surface area contributed by atoms with Crippen molar-refractivity contribution in [1.29, 1.82) is 0 Å². The lowest BCUT2D eigenvalue weighted by molar-refractivity contribution is -0.154. The molecular formula is C23H33N5O12. The van der Waals surface area contributed by atoms with Crippen molar-refractivity contribution >= 4 is 36.6 Å². The van der Waals surface area contributed by atoms with Gasteiger partial charge in [-0.25, -0.2) is 14.9 Å². The van der Waals surface area contributed by atoms with Crippen LogP contribution in [-0.4, -0.2) is 110 Å². The molecule has 0 fully saturated rings. The summed E-state index contributed by atoms with van der Waals surface area (Å²) in [7, 11) is 0. The van der Waals surface area contributed by atoms with Gasteiger partial charge in [0.15, 0.2) is 11.5 Å². The molecule has 1 rings (SSSR count). The molecule has 1 aromatic rings. The van der Waals surface area contributed by atoms with Crippen LogP contribution in [0.5, 0.6) is 11.5 Å².